The number of carbonyl (C=O) groups is 4. The molecule has 1 aliphatic heterocycles. The number of amides is 3. The number of fused-ring (bicyclic) bond motifs is 1. The molecule has 1 aliphatic rings. The molecule has 0 atom stereocenters. The normalized spacial score (nSPS) is 12.9. The van der Waals surface area contributed by atoms with Crippen molar-refractivity contribution >= 4 is 51.5 Å². The molecule has 0 saturated carbocycles. The standard InChI is InChI=1S/C31H25N5O5/c32-17-24(19-6-2-1-3-7-19)20-12-14-36(15-13-20)29(38)28(37)25-18-33-27-23(25)10-5-11-26(27)35-31(41)34-22-9-4-8-21(16-22)30(39)40/h1-11,16,18,33H,12-15H2,(H,39,40)(H2,34,35,41). The zero-order valence-electron chi connectivity index (χ0n) is 21.8. The molecule has 4 N–H and O–H groups in total. The number of Topliss-reactive ketones (excluding diaryl/α,β-unsaturated/α-hetero) is 1. The number of nitrogens with one attached hydrogen (secondary N) is 3. The Kier molecular flexibility index (Phi) is 7.60. The summed E-state index contributed by atoms with van der Waals surface area (Å²) in [6.07, 6.45) is 2.45. The third kappa shape index (κ3) is 5.69. The molecular weight excluding hydrogens is 522 g/mol. The maximum atomic E-state index is 13.3. The molecule has 2 heterocycles. The van der Waals surface area contributed by atoms with Gasteiger partial charge in [-0.05, 0) is 48.2 Å². The smallest absolute Gasteiger partial charge is 0.335 e. The van der Waals surface area contributed by atoms with E-state index in [9.17, 15) is 24.4 Å². The van der Waals surface area contributed by atoms with Crippen LogP contribution in [0, 0.1) is 11.3 Å². The Morgan fingerprint density at radius 2 is 1.59 bits per heavy atom. The van der Waals surface area contributed by atoms with Gasteiger partial charge in [0.15, 0.2) is 0 Å². The SMILES string of the molecule is N#CC(=C1CCN(C(=O)C(=O)c2c[nH]c3c(NC(=O)Nc4cccc(C(=O)O)c4)cccc23)CC1)c1ccccc1. The Morgan fingerprint density at radius 1 is 0.878 bits per heavy atom. The number of ketones is 1. The highest BCUT2D eigenvalue weighted by Gasteiger charge is 2.29. The number of allylic oxidation sites excluding steroid dienone is 1. The molecule has 0 radical (unpaired) electrons. The summed E-state index contributed by atoms with van der Waals surface area (Å²) in [5.41, 5.74) is 3.77. The lowest BCUT2D eigenvalue weighted by atomic mass is 9.93. The quantitative estimate of drug-likeness (QED) is 0.146. The minimum Gasteiger partial charge on any atom is -0.478 e. The molecular formula is C31H25N5O5. The number of carbonyl (C=O) groups excluding carboxylic acids is 3. The van der Waals surface area contributed by atoms with E-state index in [4.69, 9.17) is 5.11 Å². The van der Waals surface area contributed by atoms with Crippen molar-refractivity contribution in [1.82, 2.24) is 9.88 Å². The first-order chi connectivity index (χ1) is 19.9. The van der Waals surface area contributed by atoms with Crippen LogP contribution in [-0.4, -0.2) is 51.8 Å². The molecule has 3 aromatic carbocycles. The number of likely N-dealkylation sites (tertiary alicyclic amines) is 1. The van der Waals surface area contributed by atoms with Crippen LogP contribution in [0.1, 0.15) is 39.1 Å². The van der Waals surface area contributed by atoms with Crippen LogP contribution in [0.4, 0.5) is 16.2 Å². The van der Waals surface area contributed by atoms with Crippen molar-refractivity contribution in [3.05, 3.63) is 101 Å². The molecule has 1 fully saturated rings. The van der Waals surface area contributed by atoms with Crippen molar-refractivity contribution < 1.29 is 24.3 Å². The van der Waals surface area contributed by atoms with Crippen LogP contribution >= 0.6 is 0 Å². The first-order valence-corrected chi connectivity index (χ1v) is 12.9. The summed E-state index contributed by atoms with van der Waals surface area (Å²) in [7, 11) is 0. The van der Waals surface area contributed by atoms with Gasteiger partial charge in [0.2, 0.25) is 0 Å². The molecule has 0 aliphatic carbocycles. The number of para-hydroxylation sites is 1. The Labute approximate surface area is 234 Å². The molecule has 0 unspecified atom stereocenters. The second-order valence-electron chi connectivity index (χ2n) is 9.47. The number of aromatic amines is 1. The molecule has 10 nitrogen and oxygen atoms in total. The van der Waals surface area contributed by atoms with Gasteiger partial charge < -0.3 is 25.6 Å². The average molecular weight is 548 g/mol. The van der Waals surface area contributed by atoms with Crippen molar-refractivity contribution in [3.63, 3.8) is 0 Å². The Hall–Kier alpha value is -5.69. The van der Waals surface area contributed by atoms with Gasteiger partial charge in [0.25, 0.3) is 11.7 Å². The maximum absolute atomic E-state index is 13.3. The average Bonchev–Trinajstić information content (AvgIpc) is 3.43. The van der Waals surface area contributed by atoms with Gasteiger partial charge in [-0.25, -0.2) is 9.59 Å². The molecule has 41 heavy (non-hydrogen) atoms. The number of aromatic carboxylic acids is 1. The van der Waals surface area contributed by atoms with Crippen molar-refractivity contribution in [3.8, 4) is 6.07 Å². The zero-order valence-corrected chi connectivity index (χ0v) is 21.8. The number of rotatable bonds is 6. The summed E-state index contributed by atoms with van der Waals surface area (Å²) in [5.74, 6) is -2.41. The van der Waals surface area contributed by atoms with Crippen molar-refractivity contribution in [1.29, 1.82) is 5.26 Å². The molecule has 4 aromatic rings. The van der Waals surface area contributed by atoms with E-state index in [2.05, 4.69) is 21.7 Å². The van der Waals surface area contributed by atoms with Gasteiger partial charge in [0, 0.05) is 30.4 Å². The summed E-state index contributed by atoms with van der Waals surface area (Å²) in [4.78, 5) is 54.7. The van der Waals surface area contributed by atoms with Crippen molar-refractivity contribution in [2.45, 2.75) is 12.8 Å². The summed E-state index contributed by atoms with van der Waals surface area (Å²) in [5, 5.41) is 24.6. The third-order valence-corrected chi connectivity index (χ3v) is 6.95. The molecule has 0 spiro atoms. The van der Waals surface area contributed by atoms with E-state index in [-0.39, 0.29) is 11.1 Å². The summed E-state index contributed by atoms with van der Waals surface area (Å²) in [6.45, 7) is 0.659. The highest BCUT2D eigenvalue weighted by molar-refractivity contribution is 6.45. The first kappa shape index (κ1) is 26.9. The lowest BCUT2D eigenvalue weighted by Crippen LogP contribution is -2.40. The van der Waals surface area contributed by atoms with Crippen LogP contribution < -0.4 is 10.6 Å². The van der Waals surface area contributed by atoms with E-state index in [1.807, 2.05) is 30.3 Å². The number of hydrogen-bond donors (Lipinski definition) is 4. The molecule has 0 bridgehead atoms. The van der Waals surface area contributed by atoms with Gasteiger partial charge in [-0.2, -0.15) is 5.26 Å². The number of nitriles is 1. The van der Waals surface area contributed by atoms with Gasteiger partial charge in [-0.3, -0.25) is 9.59 Å². The predicted octanol–water partition coefficient (Wildman–Crippen LogP) is 5.29. The summed E-state index contributed by atoms with van der Waals surface area (Å²) in [6, 6.07) is 21.9. The highest BCUT2D eigenvalue weighted by atomic mass is 16.4. The molecule has 204 valence electrons. The van der Waals surface area contributed by atoms with Crippen LogP contribution in [0.5, 0.6) is 0 Å². The number of nitrogens with zero attached hydrogens (tertiary/aromatic N) is 2. The molecule has 1 saturated heterocycles. The Bertz CT molecular complexity index is 1740. The number of carboxylic acids is 1. The molecule has 1 aromatic heterocycles. The Balaban J connectivity index is 1.28. The molecule has 3 amide bonds. The van der Waals surface area contributed by atoms with E-state index in [0.29, 0.717) is 53.8 Å². The Morgan fingerprint density at radius 3 is 2.29 bits per heavy atom. The lowest BCUT2D eigenvalue weighted by molar-refractivity contribution is -0.126. The monoisotopic (exact) mass is 547 g/mol. The molecule has 5 rings (SSSR count). The number of hydrogen-bond acceptors (Lipinski definition) is 5. The van der Waals surface area contributed by atoms with Gasteiger partial charge in [-0.15, -0.1) is 0 Å². The van der Waals surface area contributed by atoms with Crippen molar-refractivity contribution in [2.24, 2.45) is 0 Å². The number of piperidine rings is 1. The van der Waals surface area contributed by atoms with E-state index in [1.54, 1.807) is 24.3 Å². The van der Waals surface area contributed by atoms with E-state index < -0.39 is 23.7 Å². The topological polar surface area (TPSA) is 155 Å². The minimum atomic E-state index is -1.11. The van der Waals surface area contributed by atoms with Crippen LogP contribution in [-0.2, 0) is 4.79 Å². The number of aromatic nitrogens is 1. The largest absolute Gasteiger partial charge is 0.478 e. The first-order valence-electron chi connectivity index (χ1n) is 12.9. The fourth-order valence-electron chi connectivity index (χ4n) is 4.90. The number of benzene rings is 3. The van der Waals surface area contributed by atoms with Gasteiger partial charge in [0.05, 0.1) is 34.0 Å². The maximum Gasteiger partial charge on any atom is 0.335 e. The van der Waals surface area contributed by atoms with Crippen molar-refractivity contribution in [2.75, 3.05) is 23.7 Å². The van der Waals surface area contributed by atoms with Gasteiger partial charge in [-0.1, -0.05) is 48.5 Å². The van der Waals surface area contributed by atoms with Crippen LogP contribution in [0.3, 0.4) is 0 Å². The zero-order chi connectivity index (χ0) is 28.9. The third-order valence-electron chi connectivity index (χ3n) is 6.95. The highest BCUT2D eigenvalue weighted by Crippen LogP contribution is 2.29. The lowest BCUT2D eigenvalue weighted by Gasteiger charge is -2.28. The van der Waals surface area contributed by atoms with Gasteiger partial charge >= 0.3 is 12.0 Å². The van der Waals surface area contributed by atoms with Crippen LogP contribution in [0.25, 0.3) is 16.5 Å². The van der Waals surface area contributed by atoms with Crippen LogP contribution in [0.15, 0.2) is 84.6 Å². The predicted molar refractivity (Wildman–Crippen MR) is 153 cm³/mol. The van der Waals surface area contributed by atoms with E-state index in [1.165, 1.54) is 29.3 Å². The molecule has 10 heteroatoms. The van der Waals surface area contributed by atoms with E-state index in [0.717, 1.165) is 11.1 Å². The second kappa shape index (κ2) is 11.6. The van der Waals surface area contributed by atoms with E-state index >= 15 is 0 Å². The number of H-pyrrole nitrogens is 1. The summed E-state index contributed by atoms with van der Waals surface area (Å²) < 4.78 is 0. The minimum absolute atomic E-state index is 0.0322. The van der Waals surface area contributed by atoms with Gasteiger partial charge in [0.1, 0.15) is 0 Å². The number of carboxylic acid groups (broad SMARTS) is 1. The number of anilines is 2. The fourth-order valence-corrected chi connectivity index (χ4v) is 4.90. The number of urea groups is 1. The summed E-state index contributed by atoms with van der Waals surface area (Å²) >= 11 is 0. The fraction of sp³-hybridized carbons (Fsp3) is 0.129. The second-order valence-corrected chi connectivity index (χ2v) is 9.47. The van der Waals surface area contributed by atoms with Crippen LogP contribution in [0.2, 0.25) is 0 Å².